The summed E-state index contributed by atoms with van der Waals surface area (Å²) in [5, 5.41) is 9.02. The number of rotatable bonds is 5. The number of likely N-dealkylation sites (N-methyl/N-ethyl adjacent to an activating group) is 1. The summed E-state index contributed by atoms with van der Waals surface area (Å²) in [5.74, 6) is 0.0345. The van der Waals surface area contributed by atoms with Crippen LogP contribution in [0, 0.1) is 0 Å². The van der Waals surface area contributed by atoms with Gasteiger partial charge in [-0.2, -0.15) is 0 Å². The summed E-state index contributed by atoms with van der Waals surface area (Å²) in [6, 6.07) is 15.1. The van der Waals surface area contributed by atoms with E-state index in [1.807, 2.05) is 30.3 Å². The van der Waals surface area contributed by atoms with Crippen LogP contribution in [0.4, 0.5) is 16.2 Å². The van der Waals surface area contributed by atoms with E-state index < -0.39 is 18.0 Å². The molecule has 0 aliphatic carbocycles. The highest BCUT2D eigenvalue weighted by Crippen LogP contribution is 2.33. The Labute approximate surface area is 189 Å². The zero-order valence-electron chi connectivity index (χ0n) is 18.0. The fraction of sp³-hybridized carbons (Fsp3) is 0.217. The maximum absolute atomic E-state index is 13.0. The lowest BCUT2D eigenvalue weighted by Crippen LogP contribution is -2.49. The Morgan fingerprint density at radius 1 is 1.18 bits per heavy atom. The van der Waals surface area contributed by atoms with Crippen molar-refractivity contribution in [3.8, 4) is 5.75 Å². The van der Waals surface area contributed by atoms with Gasteiger partial charge in [0, 0.05) is 25.2 Å². The highest BCUT2D eigenvalue weighted by atomic mass is 16.5. The molecule has 2 N–H and O–H groups in total. The smallest absolute Gasteiger partial charge is 0.411 e. The zero-order valence-corrected chi connectivity index (χ0v) is 18.0. The first kappa shape index (κ1) is 21.9. The average Bonchev–Trinajstić information content (AvgIpc) is 3.26. The number of fused-ring (bicyclic) bond motifs is 1. The molecular weight excluding hydrogens is 428 g/mol. The van der Waals surface area contributed by atoms with Gasteiger partial charge in [-0.1, -0.05) is 35.5 Å². The second-order valence-corrected chi connectivity index (χ2v) is 7.37. The van der Waals surface area contributed by atoms with Crippen LogP contribution >= 0.6 is 0 Å². The van der Waals surface area contributed by atoms with Gasteiger partial charge in [0.15, 0.2) is 5.69 Å². The van der Waals surface area contributed by atoms with Gasteiger partial charge in [-0.25, -0.2) is 4.79 Å². The fourth-order valence-corrected chi connectivity index (χ4v) is 3.38. The lowest BCUT2D eigenvalue weighted by Gasteiger charge is -2.20. The third kappa shape index (κ3) is 4.95. The van der Waals surface area contributed by atoms with Gasteiger partial charge in [0.05, 0.1) is 12.8 Å². The summed E-state index contributed by atoms with van der Waals surface area (Å²) in [5.41, 5.74) is 1.97. The summed E-state index contributed by atoms with van der Waals surface area (Å²) >= 11 is 0. The van der Waals surface area contributed by atoms with Crippen molar-refractivity contribution in [2.24, 2.45) is 0 Å². The van der Waals surface area contributed by atoms with Gasteiger partial charge in [0.1, 0.15) is 24.2 Å². The molecule has 10 heteroatoms. The molecule has 4 rings (SSSR count). The minimum atomic E-state index is -0.943. The predicted molar refractivity (Wildman–Crippen MR) is 118 cm³/mol. The number of benzene rings is 2. The van der Waals surface area contributed by atoms with Crippen LogP contribution in [0.25, 0.3) is 0 Å². The van der Waals surface area contributed by atoms with Crippen molar-refractivity contribution in [1.29, 1.82) is 0 Å². The van der Waals surface area contributed by atoms with Crippen molar-refractivity contribution in [2.45, 2.75) is 12.5 Å². The van der Waals surface area contributed by atoms with Crippen LogP contribution in [0.5, 0.6) is 5.75 Å². The van der Waals surface area contributed by atoms with E-state index in [9.17, 15) is 14.4 Å². The van der Waals surface area contributed by atoms with E-state index in [0.29, 0.717) is 29.3 Å². The first-order valence-electron chi connectivity index (χ1n) is 10.1. The summed E-state index contributed by atoms with van der Waals surface area (Å²) < 4.78 is 15.6. The molecular formula is C23H22N4O6. The number of hydrogen-bond donors (Lipinski definition) is 2. The van der Waals surface area contributed by atoms with E-state index in [-0.39, 0.29) is 18.2 Å². The number of ether oxygens (including phenoxy) is 2. The predicted octanol–water partition coefficient (Wildman–Crippen LogP) is 2.60. The molecule has 0 bridgehead atoms. The molecule has 10 nitrogen and oxygen atoms in total. The molecule has 3 aromatic rings. The van der Waals surface area contributed by atoms with Crippen LogP contribution in [-0.2, 0) is 16.0 Å². The van der Waals surface area contributed by atoms with Gasteiger partial charge in [-0.15, -0.1) is 0 Å². The zero-order chi connectivity index (χ0) is 23.4. The Bertz CT molecular complexity index is 1180. The molecule has 1 aliphatic heterocycles. The van der Waals surface area contributed by atoms with Crippen molar-refractivity contribution >= 4 is 29.3 Å². The first-order valence-corrected chi connectivity index (χ1v) is 10.1. The van der Waals surface area contributed by atoms with Crippen LogP contribution in [-0.4, -0.2) is 49.9 Å². The molecule has 1 atom stereocenters. The highest BCUT2D eigenvalue weighted by molar-refractivity contribution is 6.03. The number of nitrogens with one attached hydrogen (secondary N) is 2. The molecule has 0 spiro atoms. The minimum absolute atomic E-state index is 0.0690. The van der Waals surface area contributed by atoms with E-state index in [0.717, 1.165) is 5.56 Å². The van der Waals surface area contributed by atoms with Crippen molar-refractivity contribution in [3.05, 3.63) is 71.6 Å². The number of carbonyl (C=O) groups is 3. The SMILES string of the molecule is COC(=O)Nc1ccc2c(c1)N(C)C(=O)[C@@H](NC(=O)c1cc(Cc3ccccc3)on1)CO2. The second-order valence-electron chi connectivity index (χ2n) is 7.37. The quantitative estimate of drug-likeness (QED) is 0.612. The van der Waals surface area contributed by atoms with E-state index in [4.69, 9.17) is 9.26 Å². The lowest BCUT2D eigenvalue weighted by atomic mass is 10.1. The lowest BCUT2D eigenvalue weighted by molar-refractivity contribution is -0.120. The Kier molecular flexibility index (Phi) is 6.25. The van der Waals surface area contributed by atoms with E-state index in [1.54, 1.807) is 31.3 Å². The molecule has 2 heterocycles. The van der Waals surface area contributed by atoms with Crippen LogP contribution in [0.15, 0.2) is 59.1 Å². The summed E-state index contributed by atoms with van der Waals surface area (Å²) in [4.78, 5) is 38.5. The number of hydrogen-bond acceptors (Lipinski definition) is 7. The Morgan fingerprint density at radius 2 is 1.97 bits per heavy atom. The molecule has 0 unspecified atom stereocenters. The molecule has 0 fully saturated rings. The van der Waals surface area contributed by atoms with E-state index in [2.05, 4.69) is 20.5 Å². The van der Waals surface area contributed by atoms with Crippen LogP contribution in [0.1, 0.15) is 21.8 Å². The van der Waals surface area contributed by atoms with E-state index in [1.165, 1.54) is 12.0 Å². The minimum Gasteiger partial charge on any atom is -0.489 e. The molecule has 0 radical (unpaired) electrons. The van der Waals surface area contributed by atoms with Crippen LogP contribution in [0.2, 0.25) is 0 Å². The number of nitrogens with zero attached hydrogens (tertiary/aromatic N) is 2. The molecule has 2 aromatic carbocycles. The first-order chi connectivity index (χ1) is 15.9. The molecule has 0 saturated carbocycles. The Hall–Kier alpha value is -4.34. The Morgan fingerprint density at radius 3 is 2.73 bits per heavy atom. The highest BCUT2D eigenvalue weighted by Gasteiger charge is 2.31. The van der Waals surface area contributed by atoms with Crippen LogP contribution in [0.3, 0.4) is 0 Å². The molecule has 1 aromatic heterocycles. The van der Waals surface area contributed by atoms with Gasteiger partial charge in [0.2, 0.25) is 0 Å². The monoisotopic (exact) mass is 450 g/mol. The molecule has 170 valence electrons. The van der Waals surface area contributed by atoms with Crippen molar-refractivity contribution in [2.75, 3.05) is 31.0 Å². The van der Waals surface area contributed by atoms with Crippen molar-refractivity contribution < 1.29 is 28.4 Å². The van der Waals surface area contributed by atoms with Gasteiger partial charge in [-0.3, -0.25) is 14.9 Å². The standard InChI is InChI=1S/C23H22N4O6/c1-27-19-11-15(24-23(30)31-2)8-9-20(19)32-13-18(22(27)29)25-21(28)17-12-16(33-26-17)10-14-6-4-3-5-7-14/h3-9,11-12,18H,10,13H2,1-2H3,(H,24,30)(H,25,28)/t18-/m0/s1. The van der Waals surface area contributed by atoms with E-state index >= 15 is 0 Å². The average molecular weight is 450 g/mol. The third-order valence-corrected chi connectivity index (χ3v) is 5.10. The molecule has 33 heavy (non-hydrogen) atoms. The molecule has 3 amide bonds. The largest absolute Gasteiger partial charge is 0.489 e. The second kappa shape index (κ2) is 9.43. The van der Waals surface area contributed by atoms with Gasteiger partial charge >= 0.3 is 6.09 Å². The number of anilines is 2. The third-order valence-electron chi connectivity index (χ3n) is 5.10. The summed E-state index contributed by atoms with van der Waals surface area (Å²) in [6.45, 7) is -0.0690. The van der Waals surface area contributed by atoms with Crippen molar-refractivity contribution in [1.82, 2.24) is 10.5 Å². The normalized spacial score (nSPS) is 15.2. The molecule has 1 aliphatic rings. The van der Waals surface area contributed by atoms with Crippen molar-refractivity contribution in [3.63, 3.8) is 0 Å². The summed E-state index contributed by atoms with van der Waals surface area (Å²) in [6.07, 6.45) is -0.144. The number of amides is 3. The maximum Gasteiger partial charge on any atom is 0.411 e. The van der Waals surface area contributed by atoms with Gasteiger partial charge in [0.25, 0.3) is 11.8 Å². The van der Waals surface area contributed by atoms with Crippen LogP contribution < -0.4 is 20.3 Å². The number of carbonyl (C=O) groups excluding carboxylic acids is 3. The maximum atomic E-state index is 13.0. The molecule has 0 saturated heterocycles. The topological polar surface area (TPSA) is 123 Å². The van der Waals surface area contributed by atoms with Gasteiger partial charge < -0.3 is 24.2 Å². The summed E-state index contributed by atoms with van der Waals surface area (Å²) in [7, 11) is 2.81. The Balaban J connectivity index is 1.44. The fourth-order valence-electron chi connectivity index (χ4n) is 3.38. The number of methoxy groups -OCH3 is 1. The number of aromatic nitrogens is 1. The van der Waals surface area contributed by atoms with Gasteiger partial charge in [-0.05, 0) is 23.8 Å².